The lowest BCUT2D eigenvalue weighted by Crippen LogP contribution is -2.38. The summed E-state index contributed by atoms with van der Waals surface area (Å²) < 4.78 is 5.85. The maximum absolute atomic E-state index is 12.6. The summed E-state index contributed by atoms with van der Waals surface area (Å²) >= 11 is 0. The SMILES string of the molecule is CC[C@H](Oc1ccccc1)C(=O)NCc1ccccc1CN1CCCCC1. The van der Waals surface area contributed by atoms with Crippen LogP contribution < -0.4 is 10.1 Å². The number of nitrogens with one attached hydrogen (secondary N) is 1. The number of hydrogen-bond acceptors (Lipinski definition) is 3. The molecule has 1 heterocycles. The van der Waals surface area contributed by atoms with Gasteiger partial charge in [-0.15, -0.1) is 0 Å². The summed E-state index contributed by atoms with van der Waals surface area (Å²) in [6.45, 7) is 5.81. The minimum Gasteiger partial charge on any atom is -0.481 e. The summed E-state index contributed by atoms with van der Waals surface area (Å²) in [6, 6.07) is 17.9. The van der Waals surface area contributed by atoms with Gasteiger partial charge in [-0.3, -0.25) is 9.69 Å². The van der Waals surface area contributed by atoms with Gasteiger partial charge in [-0.1, -0.05) is 55.8 Å². The molecule has 1 amide bonds. The molecule has 2 aromatic carbocycles. The number of nitrogens with zero attached hydrogens (tertiary/aromatic N) is 1. The molecule has 0 bridgehead atoms. The first kappa shape index (κ1) is 19.4. The first-order valence-corrected chi connectivity index (χ1v) is 10.0. The van der Waals surface area contributed by atoms with Crippen molar-refractivity contribution in [2.24, 2.45) is 0 Å². The zero-order valence-corrected chi connectivity index (χ0v) is 16.2. The first-order chi connectivity index (χ1) is 13.3. The molecule has 144 valence electrons. The Bertz CT molecular complexity index is 711. The minimum atomic E-state index is -0.471. The van der Waals surface area contributed by atoms with Gasteiger partial charge >= 0.3 is 0 Å². The fourth-order valence-corrected chi connectivity index (χ4v) is 3.52. The third-order valence-corrected chi connectivity index (χ3v) is 5.10. The van der Waals surface area contributed by atoms with E-state index in [0.717, 1.165) is 12.3 Å². The van der Waals surface area contributed by atoms with Crippen LogP contribution in [-0.4, -0.2) is 30.0 Å². The van der Waals surface area contributed by atoms with Crippen LogP contribution in [0.4, 0.5) is 0 Å². The van der Waals surface area contributed by atoms with Crippen LogP contribution in [0.1, 0.15) is 43.7 Å². The topological polar surface area (TPSA) is 41.6 Å². The zero-order valence-electron chi connectivity index (χ0n) is 16.2. The van der Waals surface area contributed by atoms with Crippen molar-refractivity contribution in [1.82, 2.24) is 10.2 Å². The lowest BCUT2D eigenvalue weighted by molar-refractivity contribution is -0.128. The number of para-hydroxylation sites is 1. The number of benzene rings is 2. The number of carbonyl (C=O) groups is 1. The molecule has 1 fully saturated rings. The van der Waals surface area contributed by atoms with E-state index in [9.17, 15) is 4.79 Å². The highest BCUT2D eigenvalue weighted by atomic mass is 16.5. The number of hydrogen-bond donors (Lipinski definition) is 1. The molecule has 0 aliphatic carbocycles. The molecule has 0 radical (unpaired) electrons. The highest BCUT2D eigenvalue weighted by molar-refractivity contribution is 5.81. The average molecular weight is 367 g/mol. The van der Waals surface area contributed by atoms with E-state index in [1.807, 2.05) is 43.3 Å². The van der Waals surface area contributed by atoms with Crippen LogP contribution in [0.3, 0.4) is 0 Å². The molecule has 3 rings (SSSR count). The number of ether oxygens (including phenoxy) is 1. The summed E-state index contributed by atoms with van der Waals surface area (Å²) in [5, 5.41) is 3.07. The van der Waals surface area contributed by atoms with Gasteiger partial charge in [-0.05, 0) is 55.6 Å². The average Bonchev–Trinajstić information content (AvgIpc) is 2.72. The predicted octanol–water partition coefficient (Wildman–Crippen LogP) is 4.15. The highest BCUT2D eigenvalue weighted by Crippen LogP contribution is 2.17. The van der Waals surface area contributed by atoms with E-state index in [4.69, 9.17) is 4.74 Å². The van der Waals surface area contributed by atoms with E-state index >= 15 is 0 Å². The van der Waals surface area contributed by atoms with Gasteiger partial charge in [-0.25, -0.2) is 0 Å². The van der Waals surface area contributed by atoms with E-state index in [2.05, 4.69) is 28.4 Å². The van der Waals surface area contributed by atoms with Crippen LogP contribution in [0.2, 0.25) is 0 Å². The second kappa shape index (κ2) is 10.1. The van der Waals surface area contributed by atoms with Crippen molar-refractivity contribution in [2.75, 3.05) is 13.1 Å². The quantitative estimate of drug-likeness (QED) is 0.763. The summed E-state index contributed by atoms with van der Waals surface area (Å²) in [5.41, 5.74) is 2.49. The van der Waals surface area contributed by atoms with E-state index in [-0.39, 0.29) is 5.91 Å². The molecule has 1 aliphatic rings. The molecule has 0 unspecified atom stereocenters. The first-order valence-electron chi connectivity index (χ1n) is 10.0. The van der Waals surface area contributed by atoms with E-state index < -0.39 is 6.10 Å². The Morgan fingerprint density at radius 3 is 2.37 bits per heavy atom. The fourth-order valence-electron chi connectivity index (χ4n) is 3.52. The normalized spacial score (nSPS) is 15.9. The van der Waals surface area contributed by atoms with Crippen molar-refractivity contribution in [2.45, 2.75) is 51.8 Å². The van der Waals surface area contributed by atoms with Crippen LogP contribution in [0.15, 0.2) is 54.6 Å². The number of amides is 1. The van der Waals surface area contributed by atoms with Gasteiger partial charge in [0.15, 0.2) is 6.10 Å². The van der Waals surface area contributed by atoms with Gasteiger partial charge < -0.3 is 10.1 Å². The molecule has 0 spiro atoms. The van der Waals surface area contributed by atoms with Crippen LogP contribution >= 0.6 is 0 Å². The number of piperidine rings is 1. The Balaban J connectivity index is 1.57. The van der Waals surface area contributed by atoms with Gasteiger partial charge in [0, 0.05) is 13.1 Å². The van der Waals surface area contributed by atoms with Gasteiger partial charge in [0.2, 0.25) is 0 Å². The standard InChI is InChI=1S/C23H30N2O2/c1-2-22(27-21-13-5-3-6-14-21)23(26)24-17-19-11-7-8-12-20(19)18-25-15-9-4-10-16-25/h3,5-8,11-14,22H,2,4,9-10,15-18H2,1H3,(H,24,26)/t22-/m0/s1. The van der Waals surface area contributed by atoms with Crippen molar-refractivity contribution < 1.29 is 9.53 Å². The third-order valence-electron chi connectivity index (χ3n) is 5.10. The van der Waals surface area contributed by atoms with Gasteiger partial charge in [0.25, 0.3) is 5.91 Å². The van der Waals surface area contributed by atoms with E-state index in [1.54, 1.807) is 0 Å². The second-order valence-corrected chi connectivity index (χ2v) is 7.15. The Labute approximate surface area is 162 Å². The van der Waals surface area contributed by atoms with Gasteiger partial charge in [-0.2, -0.15) is 0 Å². The summed E-state index contributed by atoms with van der Waals surface area (Å²) in [4.78, 5) is 15.1. The molecule has 4 heteroatoms. The number of rotatable bonds is 8. The second-order valence-electron chi connectivity index (χ2n) is 7.15. The molecular weight excluding hydrogens is 336 g/mol. The van der Waals surface area contributed by atoms with Crippen LogP contribution in [-0.2, 0) is 17.9 Å². The molecule has 27 heavy (non-hydrogen) atoms. The third kappa shape index (κ3) is 5.83. The van der Waals surface area contributed by atoms with E-state index in [1.165, 1.54) is 43.5 Å². The molecule has 2 aromatic rings. The van der Waals surface area contributed by atoms with Gasteiger partial charge in [0.1, 0.15) is 5.75 Å². The molecule has 4 nitrogen and oxygen atoms in total. The Morgan fingerprint density at radius 1 is 1.00 bits per heavy atom. The van der Waals surface area contributed by atoms with Crippen molar-refractivity contribution in [1.29, 1.82) is 0 Å². The lowest BCUT2D eigenvalue weighted by Gasteiger charge is -2.27. The van der Waals surface area contributed by atoms with Crippen LogP contribution in [0, 0.1) is 0 Å². The monoisotopic (exact) mass is 366 g/mol. The van der Waals surface area contributed by atoms with Crippen molar-refractivity contribution in [3.05, 3.63) is 65.7 Å². The molecule has 1 atom stereocenters. The zero-order chi connectivity index (χ0) is 18.9. The fraction of sp³-hybridized carbons (Fsp3) is 0.435. The molecular formula is C23H30N2O2. The Hall–Kier alpha value is -2.33. The lowest BCUT2D eigenvalue weighted by atomic mass is 10.0. The van der Waals surface area contributed by atoms with Crippen molar-refractivity contribution in [3.8, 4) is 5.75 Å². The maximum atomic E-state index is 12.6. The summed E-state index contributed by atoms with van der Waals surface area (Å²) in [6.07, 6.45) is 4.08. The molecule has 1 N–H and O–H groups in total. The van der Waals surface area contributed by atoms with Gasteiger partial charge in [0.05, 0.1) is 0 Å². The summed E-state index contributed by atoms with van der Waals surface area (Å²) in [7, 11) is 0. The molecule has 0 aromatic heterocycles. The van der Waals surface area contributed by atoms with E-state index in [0.29, 0.717) is 13.0 Å². The Morgan fingerprint density at radius 2 is 1.67 bits per heavy atom. The number of carbonyl (C=O) groups excluding carboxylic acids is 1. The predicted molar refractivity (Wildman–Crippen MR) is 109 cm³/mol. The Kier molecular flexibility index (Phi) is 7.28. The number of likely N-dealkylation sites (tertiary alicyclic amines) is 1. The summed E-state index contributed by atoms with van der Waals surface area (Å²) in [5.74, 6) is 0.666. The van der Waals surface area contributed by atoms with Crippen LogP contribution in [0.5, 0.6) is 5.75 Å². The van der Waals surface area contributed by atoms with Crippen molar-refractivity contribution in [3.63, 3.8) is 0 Å². The minimum absolute atomic E-state index is 0.0610. The smallest absolute Gasteiger partial charge is 0.261 e. The van der Waals surface area contributed by atoms with Crippen molar-refractivity contribution >= 4 is 5.91 Å². The molecule has 1 aliphatic heterocycles. The molecule has 0 saturated carbocycles. The highest BCUT2D eigenvalue weighted by Gasteiger charge is 2.19. The van der Waals surface area contributed by atoms with Crippen LogP contribution in [0.25, 0.3) is 0 Å². The maximum Gasteiger partial charge on any atom is 0.261 e. The largest absolute Gasteiger partial charge is 0.481 e. The molecule has 1 saturated heterocycles.